The van der Waals surface area contributed by atoms with E-state index in [0.29, 0.717) is 24.0 Å². The summed E-state index contributed by atoms with van der Waals surface area (Å²) >= 11 is 1.37. The third-order valence-electron chi connectivity index (χ3n) is 4.99. The first-order valence-corrected chi connectivity index (χ1v) is 10.9. The summed E-state index contributed by atoms with van der Waals surface area (Å²) in [5.41, 5.74) is 5.71. The number of hydrogen-bond donors (Lipinski definition) is 1. The molecule has 7 heteroatoms. The molecule has 2 heterocycles. The van der Waals surface area contributed by atoms with Crippen molar-refractivity contribution >= 4 is 23.2 Å². The van der Waals surface area contributed by atoms with E-state index in [-0.39, 0.29) is 5.91 Å². The van der Waals surface area contributed by atoms with Crippen LogP contribution >= 0.6 is 11.3 Å². The monoisotopic (exact) mass is 432 g/mol. The maximum absolute atomic E-state index is 12.6. The zero-order chi connectivity index (χ0) is 21.8. The van der Waals surface area contributed by atoms with Crippen LogP contribution in [-0.4, -0.2) is 20.7 Å². The number of ether oxygens (including phenoxy) is 1. The molecule has 0 saturated carbocycles. The third kappa shape index (κ3) is 5.38. The fraction of sp³-hybridized carbons (Fsp3) is 0.208. The van der Waals surface area contributed by atoms with Crippen LogP contribution in [0.25, 0.3) is 0 Å². The summed E-state index contributed by atoms with van der Waals surface area (Å²) in [7, 11) is 0. The maximum Gasteiger partial charge on any atom is 0.268 e. The molecule has 31 heavy (non-hydrogen) atoms. The summed E-state index contributed by atoms with van der Waals surface area (Å²) in [4.78, 5) is 17.3. The van der Waals surface area contributed by atoms with Gasteiger partial charge in [0.2, 0.25) is 5.95 Å². The van der Waals surface area contributed by atoms with E-state index in [4.69, 9.17) is 4.74 Å². The minimum atomic E-state index is -0.226. The standard InChI is InChI=1S/C24H24N4O2S/c1-16-4-7-19(8-5-16)12-28-15-25-24(27-28)26-23(29)22-11-20(14-31-22)13-30-21-9-6-17(2)18(3)10-21/h4-11,14-15H,12-13H2,1-3H3,(H,26,27,29). The minimum Gasteiger partial charge on any atom is -0.489 e. The number of nitrogens with one attached hydrogen (secondary N) is 1. The van der Waals surface area contributed by atoms with E-state index in [1.54, 1.807) is 11.0 Å². The van der Waals surface area contributed by atoms with Crippen LogP contribution < -0.4 is 10.1 Å². The number of hydrogen-bond acceptors (Lipinski definition) is 5. The van der Waals surface area contributed by atoms with E-state index in [0.717, 1.165) is 16.9 Å². The molecule has 0 unspecified atom stereocenters. The second-order valence-corrected chi connectivity index (χ2v) is 8.47. The minimum absolute atomic E-state index is 0.226. The van der Waals surface area contributed by atoms with E-state index in [9.17, 15) is 4.79 Å². The average molecular weight is 433 g/mol. The number of thiophene rings is 1. The van der Waals surface area contributed by atoms with Crippen molar-refractivity contribution in [2.45, 2.75) is 33.9 Å². The lowest BCUT2D eigenvalue weighted by Gasteiger charge is -2.07. The van der Waals surface area contributed by atoms with Gasteiger partial charge in [-0.25, -0.2) is 9.67 Å². The Morgan fingerprint density at radius 2 is 1.84 bits per heavy atom. The van der Waals surface area contributed by atoms with Gasteiger partial charge in [-0.2, -0.15) is 0 Å². The van der Waals surface area contributed by atoms with Gasteiger partial charge in [0.25, 0.3) is 5.91 Å². The highest BCUT2D eigenvalue weighted by Crippen LogP contribution is 2.21. The van der Waals surface area contributed by atoms with Gasteiger partial charge in [-0.15, -0.1) is 16.4 Å². The van der Waals surface area contributed by atoms with Gasteiger partial charge >= 0.3 is 0 Å². The van der Waals surface area contributed by atoms with Gasteiger partial charge in [0.15, 0.2) is 0 Å². The van der Waals surface area contributed by atoms with Gasteiger partial charge in [0.05, 0.1) is 11.4 Å². The molecule has 4 rings (SSSR count). The van der Waals surface area contributed by atoms with Crippen LogP contribution in [0.5, 0.6) is 5.75 Å². The summed E-state index contributed by atoms with van der Waals surface area (Å²) in [6, 6.07) is 16.1. The first kappa shape index (κ1) is 20.8. The smallest absolute Gasteiger partial charge is 0.268 e. The molecular weight excluding hydrogens is 408 g/mol. The molecule has 6 nitrogen and oxygen atoms in total. The number of aryl methyl sites for hydroxylation is 3. The van der Waals surface area contributed by atoms with Crippen molar-refractivity contribution in [3.05, 3.63) is 92.9 Å². The molecule has 2 aromatic carbocycles. The number of amides is 1. The van der Waals surface area contributed by atoms with E-state index >= 15 is 0 Å². The second-order valence-electron chi connectivity index (χ2n) is 7.56. The SMILES string of the molecule is Cc1ccc(Cn2cnc(NC(=O)c3cc(COc4ccc(C)c(C)c4)cs3)n2)cc1. The van der Waals surface area contributed by atoms with Gasteiger partial charge in [-0.3, -0.25) is 10.1 Å². The molecule has 0 bridgehead atoms. The zero-order valence-corrected chi connectivity index (χ0v) is 18.6. The van der Waals surface area contributed by atoms with Crippen LogP contribution in [-0.2, 0) is 13.2 Å². The highest BCUT2D eigenvalue weighted by molar-refractivity contribution is 7.12. The highest BCUT2D eigenvalue weighted by Gasteiger charge is 2.12. The molecule has 0 aliphatic carbocycles. The molecule has 0 saturated heterocycles. The summed E-state index contributed by atoms with van der Waals surface area (Å²) in [5.74, 6) is 0.887. The van der Waals surface area contributed by atoms with Crippen molar-refractivity contribution in [1.82, 2.24) is 14.8 Å². The van der Waals surface area contributed by atoms with Crippen LogP contribution in [0.4, 0.5) is 5.95 Å². The van der Waals surface area contributed by atoms with Gasteiger partial charge in [0, 0.05) is 5.56 Å². The number of carbonyl (C=O) groups excluding carboxylic acids is 1. The number of rotatable bonds is 7. The molecule has 4 aromatic rings. The first-order valence-electron chi connectivity index (χ1n) is 10.00. The van der Waals surface area contributed by atoms with Crippen molar-refractivity contribution in [2.24, 2.45) is 0 Å². The topological polar surface area (TPSA) is 69.0 Å². The Labute approximate surface area is 185 Å². The Bertz CT molecular complexity index is 1190. The Morgan fingerprint density at radius 3 is 2.61 bits per heavy atom. The number of benzene rings is 2. The molecule has 1 amide bonds. The van der Waals surface area contributed by atoms with Crippen molar-refractivity contribution in [3.8, 4) is 5.75 Å². The third-order valence-corrected chi connectivity index (χ3v) is 5.97. The number of nitrogens with zero attached hydrogens (tertiary/aromatic N) is 3. The molecule has 1 N–H and O–H groups in total. The Balaban J connectivity index is 1.33. The molecule has 0 fully saturated rings. The summed E-state index contributed by atoms with van der Waals surface area (Å²) in [6.07, 6.45) is 1.62. The van der Waals surface area contributed by atoms with E-state index in [2.05, 4.69) is 60.4 Å². The predicted octanol–water partition coefficient (Wildman–Crippen LogP) is 5.14. The zero-order valence-electron chi connectivity index (χ0n) is 17.8. The van der Waals surface area contributed by atoms with Gasteiger partial charge in [0.1, 0.15) is 18.7 Å². The van der Waals surface area contributed by atoms with E-state index < -0.39 is 0 Å². The Hall–Kier alpha value is -3.45. The Morgan fingerprint density at radius 1 is 1.03 bits per heavy atom. The number of aromatic nitrogens is 3. The van der Waals surface area contributed by atoms with E-state index in [1.807, 2.05) is 29.6 Å². The lowest BCUT2D eigenvalue weighted by atomic mass is 10.1. The molecule has 0 aliphatic heterocycles. The molecule has 0 spiro atoms. The van der Waals surface area contributed by atoms with Crippen LogP contribution in [0.15, 0.2) is 60.2 Å². The fourth-order valence-electron chi connectivity index (χ4n) is 3.01. The number of carbonyl (C=O) groups is 1. The van der Waals surface area contributed by atoms with Crippen molar-refractivity contribution in [2.75, 3.05) is 5.32 Å². The quantitative estimate of drug-likeness (QED) is 0.439. The number of anilines is 1. The molecule has 0 radical (unpaired) electrons. The van der Waals surface area contributed by atoms with Crippen LogP contribution in [0.2, 0.25) is 0 Å². The lowest BCUT2D eigenvalue weighted by molar-refractivity contribution is 0.102. The van der Waals surface area contributed by atoms with Crippen LogP contribution in [0.3, 0.4) is 0 Å². The Kier molecular flexibility index (Phi) is 6.13. The van der Waals surface area contributed by atoms with Crippen molar-refractivity contribution in [1.29, 1.82) is 0 Å². The first-order chi connectivity index (χ1) is 15.0. The molecule has 0 atom stereocenters. The van der Waals surface area contributed by atoms with Crippen LogP contribution in [0.1, 0.15) is 37.5 Å². The maximum atomic E-state index is 12.6. The second kappa shape index (κ2) is 9.14. The molecule has 0 aliphatic rings. The highest BCUT2D eigenvalue weighted by atomic mass is 32.1. The van der Waals surface area contributed by atoms with Crippen LogP contribution in [0, 0.1) is 20.8 Å². The molecule has 2 aromatic heterocycles. The van der Waals surface area contributed by atoms with Crippen molar-refractivity contribution in [3.63, 3.8) is 0 Å². The predicted molar refractivity (Wildman–Crippen MR) is 123 cm³/mol. The van der Waals surface area contributed by atoms with E-state index in [1.165, 1.54) is 28.0 Å². The molecule has 158 valence electrons. The summed E-state index contributed by atoms with van der Waals surface area (Å²) < 4.78 is 7.56. The average Bonchev–Trinajstić information content (AvgIpc) is 3.40. The normalized spacial score (nSPS) is 10.8. The largest absolute Gasteiger partial charge is 0.489 e. The van der Waals surface area contributed by atoms with Gasteiger partial charge < -0.3 is 4.74 Å². The fourth-order valence-corrected chi connectivity index (χ4v) is 3.80. The summed E-state index contributed by atoms with van der Waals surface area (Å²) in [5, 5.41) is 9.04. The van der Waals surface area contributed by atoms with Crippen molar-refractivity contribution < 1.29 is 9.53 Å². The molecular formula is C24H24N4O2S. The van der Waals surface area contributed by atoms with Gasteiger partial charge in [-0.05, 0) is 61.0 Å². The lowest BCUT2D eigenvalue weighted by Crippen LogP contribution is -2.12. The summed E-state index contributed by atoms with van der Waals surface area (Å²) in [6.45, 7) is 7.20. The van der Waals surface area contributed by atoms with Gasteiger partial charge in [-0.1, -0.05) is 35.9 Å².